The normalized spacial score (nSPS) is 47.8. The molecule has 0 radical (unpaired) electrons. The fourth-order valence-electron chi connectivity index (χ4n) is 8.74. The zero-order valence-electron chi connectivity index (χ0n) is 22.2. The molecule has 0 N–H and O–H groups in total. The molecule has 4 aliphatic rings. The van der Waals surface area contributed by atoms with Gasteiger partial charge >= 0.3 is 0 Å². The lowest BCUT2D eigenvalue weighted by molar-refractivity contribution is -0.146. The molecule has 4 heteroatoms. The molecule has 0 amide bonds. The Balaban J connectivity index is 1.61. The number of rotatable bonds is 4. The van der Waals surface area contributed by atoms with Gasteiger partial charge in [-0.25, -0.2) is 0 Å². The van der Waals surface area contributed by atoms with Crippen LogP contribution in [0.4, 0.5) is 0 Å². The maximum absolute atomic E-state index is 6.98. The summed E-state index contributed by atoms with van der Waals surface area (Å²) in [5.41, 5.74) is 0.890. The van der Waals surface area contributed by atoms with Gasteiger partial charge in [0.25, 0.3) is 0 Å². The van der Waals surface area contributed by atoms with Crippen molar-refractivity contribution in [3.8, 4) is 0 Å². The van der Waals surface area contributed by atoms with Gasteiger partial charge in [0.1, 0.15) is 0 Å². The second-order valence-electron chi connectivity index (χ2n) is 14.4. The van der Waals surface area contributed by atoms with E-state index in [9.17, 15) is 0 Å². The molecule has 178 valence electrons. The number of hydrogen-bond donors (Lipinski definition) is 0. The van der Waals surface area contributed by atoms with E-state index in [1.807, 2.05) is 0 Å². The van der Waals surface area contributed by atoms with Gasteiger partial charge < -0.3 is 8.85 Å². The molecule has 0 aliphatic heterocycles. The Morgan fingerprint density at radius 1 is 0.871 bits per heavy atom. The third-order valence-electron chi connectivity index (χ3n) is 10.1. The molecular formula is C27H50O2Si2. The second kappa shape index (κ2) is 7.47. The topological polar surface area (TPSA) is 18.5 Å². The first-order valence-corrected chi connectivity index (χ1v) is 20.0. The van der Waals surface area contributed by atoms with Gasteiger partial charge in [-0.05, 0) is 131 Å². The highest BCUT2D eigenvalue weighted by Crippen LogP contribution is 2.69. The van der Waals surface area contributed by atoms with E-state index in [1.165, 1.54) is 44.3 Å². The van der Waals surface area contributed by atoms with E-state index in [0.29, 0.717) is 16.7 Å². The van der Waals surface area contributed by atoms with Crippen molar-refractivity contribution < 1.29 is 8.85 Å². The Labute approximate surface area is 195 Å². The number of hydrogen-bond acceptors (Lipinski definition) is 2. The lowest BCUT2D eigenvalue weighted by atomic mass is 9.43. The van der Waals surface area contributed by atoms with Gasteiger partial charge in [0.2, 0.25) is 8.32 Å². The van der Waals surface area contributed by atoms with Gasteiger partial charge in [0, 0.05) is 6.42 Å². The molecule has 0 aromatic carbocycles. The highest BCUT2D eigenvalue weighted by Gasteiger charge is 2.65. The van der Waals surface area contributed by atoms with Crippen LogP contribution < -0.4 is 0 Å². The van der Waals surface area contributed by atoms with E-state index < -0.39 is 16.6 Å². The molecule has 0 heterocycles. The molecule has 0 aromatic heterocycles. The summed E-state index contributed by atoms with van der Waals surface area (Å²) in [6.45, 7) is 24.4. The Morgan fingerprint density at radius 3 is 2.13 bits per heavy atom. The summed E-state index contributed by atoms with van der Waals surface area (Å²) in [6, 6.07) is 0. The third-order valence-corrected chi connectivity index (χ3v) is 12.0. The van der Waals surface area contributed by atoms with Crippen molar-refractivity contribution in [3.05, 3.63) is 11.8 Å². The highest BCUT2D eigenvalue weighted by molar-refractivity contribution is 6.70. The van der Waals surface area contributed by atoms with Gasteiger partial charge in [0.15, 0.2) is 8.32 Å². The van der Waals surface area contributed by atoms with E-state index >= 15 is 0 Å². The molecule has 0 aromatic rings. The summed E-state index contributed by atoms with van der Waals surface area (Å²) in [7, 11) is -3.09. The minimum Gasteiger partial charge on any atom is -0.548 e. The van der Waals surface area contributed by atoms with Crippen molar-refractivity contribution in [1.29, 1.82) is 0 Å². The predicted octanol–water partition coefficient (Wildman–Crippen LogP) is 8.23. The summed E-state index contributed by atoms with van der Waals surface area (Å²) in [4.78, 5) is 0. The van der Waals surface area contributed by atoms with Crippen LogP contribution in [0.3, 0.4) is 0 Å². The van der Waals surface area contributed by atoms with Crippen LogP contribution >= 0.6 is 0 Å². The smallest absolute Gasteiger partial charge is 0.241 e. The van der Waals surface area contributed by atoms with Crippen molar-refractivity contribution in [1.82, 2.24) is 0 Å². The summed E-state index contributed by atoms with van der Waals surface area (Å²) in [6.07, 6.45) is 11.8. The first-order valence-electron chi connectivity index (χ1n) is 13.2. The van der Waals surface area contributed by atoms with Crippen LogP contribution in [0.15, 0.2) is 11.8 Å². The zero-order valence-corrected chi connectivity index (χ0v) is 24.2. The molecule has 0 saturated heterocycles. The van der Waals surface area contributed by atoms with Crippen LogP contribution in [0.2, 0.25) is 39.3 Å². The minimum absolute atomic E-state index is 0.0788. The molecule has 2 nitrogen and oxygen atoms in total. The van der Waals surface area contributed by atoms with Gasteiger partial charge in [0.05, 0.1) is 11.4 Å². The molecular weight excluding hydrogens is 412 g/mol. The Hall–Kier alpha value is -0.0662. The van der Waals surface area contributed by atoms with Gasteiger partial charge in [-0.3, -0.25) is 0 Å². The van der Waals surface area contributed by atoms with E-state index in [2.05, 4.69) is 73.1 Å². The number of fused-ring (bicyclic) bond motifs is 5. The van der Waals surface area contributed by atoms with E-state index in [-0.39, 0.29) is 5.60 Å². The summed E-state index contributed by atoms with van der Waals surface area (Å²) < 4.78 is 13.5. The molecule has 0 bridgehead atoms. The average molecular weight is 463 g/mol. The van der Waals surface area contributed by atoms with Crippen LogP contribution in [0.5, 0.6) is 0 Å². The predicted molar refractivity (Wildman–Crippen MR) is 137 cm³/mol. The molecule has 6 unspecified atom stereocenters. The molecule has 8 atom stereocenters. The van der Waals surface area contributed by atoms with Gasteiger partial charge in [-0.2, -0.15) is 0 Å². The monoisotopic (exact) mass is 462 g/mol. The zero-order chi connectivity index (χ0) is 23.0. The highest BCUT2D eigenvalue weighted by atomic mass is 28.4. The number of allylic oxidation sites excluding steroid dienone is 2. The lowest BCUT2D eigenvalue weighted by Crippen LogP contribution is -2.59. The second-order valence-corrected chi connectivity index (χ2v) is 23.3. The Morgan fingerprint density at radius 2 is 1.52 bits per heavy atom. The van der Waals surface area contributed by atoms with Crippen molar-refractivity contribution in [3.63, 3.8) is 0 Å². The maximum Gasteiger partial charge on any atom is 0.241 e. The average Bonchev–Trinajstić information content (AvgIpc) is 2.84. The first-order chi connectivity index (χ1) is 14.1. The SMILES string of the molecule is CC1C[C@@H]2C=C(O[Si](C)(C)C)CCC2(C)C2CCC3(C)C(CC[C@@]3(C)O[Si](C)(C)C)C12. The van der Waals surface area contributed by atoms with Crippen LogP contribution in [-0.2, 0) is 8.85 Å². The van der Waals surface area contributed by atoms with Crippen molar-refractivity contribution in [2.75, 3.05) is 0 Å². The summed E-state index contributed by atoms with van der Waals surface area (Å²) in [5.74, 6) is 5.43. The van der Waals surface area contributed by atoms with Gasteiger partial charge in [-0.15, -0.1) is 0 Å². The summed E-state index contributed by atoms with van der Waals surface area (Å²) in [5, 5.41) is 0. The molecule has 4 rings (SSSR count). The molecule has 3 saturated carbocycles. The van der Waals surface area contributed by atoms with Crippen LogP contribution in [0, 0.1) is 40.4 Å². The molecule has 0 spiro atoms. The molecule has 3 fully saturated rings. The summed E-state index contributed by atoms with van der Waals surface area (Å²) >= 11 is 0. The van der Waals surface area contributed by atoms with Crippen LogP contribution in [0.1, 0.15) is 72.6 Å². The first kappa shape index (κ1) is 24.1. The van der Waals surface area contributed by atoms with E-state index in [1.54, 1.807) is 0 Å². The van der Waals surface area contributed by atoms with Gasteiger partial charge in [-0.1, -0.05) is 20.8 Å². The quantitative estimate of drug-likeness (QED) is 0.392. The van der Waals surface area contributed by atoms with Crippen LogP contribution in [-0.4, -0.2) is 22.2 Å². The fraction of sp³-hybridized carbons (Fsp3) is 0.926. The van der Waals surface area contributed by atoms with E-state index in [0.717, 1.165) is 30.1 Å². The maximum atomic E-state index is 6.98. The lowest BCUT2D eigenvalue weighted by Gasteiger charge is -2.63. The van der Waals surface area contributed by atoms with Crippen molar-refractivity contribution in [2.45, 2.75) is 118 Å². The fourth-order valence-corrected chi connectivity index (χ4v) is 11.4. The largest absolute Gasteiger partial charge is 0.548 e. The Kier molecular flexibility index (Phi) is 5.80. The molecule has 4 aliphatic carbocycles. The van der Waals surface area contributed by atoms with Crippen molar-refractivity contribution >= 4 is 16.6 Å². The van der Waals surface area contributed by atoms with E-state index in [4.69, 9.17) is 8.85 Å². The minimum atomic E-state index is -1.57. The van der Waals surface area contributed by atoms with Crippen LogP contribution in [0.25, 0.3) is 0 Å². The Bertz CT molecular complexity index is 734. The standard InChI is InChI=1S/C27H50O2Si2/c1-19-17-20-18-21(28-30(5,6)7)11-14-25(20,2)22-12-15-26(3)23(24(19)22)13-16-27(26,4)29-31(8,9)10/h18-20,22-24H,11-17H2,1-10H3/t19?,20-,22?,23?,24?,25?,26?,27-/m1/s1. The van der Waals surface area contributed by atoms with Crippen molar-refractivity contribution in [2.24, 2.45) is 40.4 Å². The third kappa shape index (κ3) is 4.05. The molecule has 31 heavy (non-hydrogen) atoms.